The summed E-state index contributed by atoms with van der Waals surface area (Å²) in [5.74, 6) is 0.315. The largest absolute Gasteiger partial charge is 0.381 e. The summed E-state index contributed by atoms with van der Waals surface area (Å²) in [6, 6.07) is 14.1. The molecule has 0 unspecified atom stereocenters. The second kappa shape index (κ2) is 11.1. The monoisotopic (exact) mass is 539 g/mol. The summed E-state index contributed by atoms with van der Waals surface area (Å²) in [6.45, 7) is 5.48. The standard InChI is InChI=1S/C28H34FN5O3S/c1-3-24-11-12-26(21-7-5-4-6-8-21)38(35,36)34(24)18-22-9-10-23(17-25(22)29)28(13-15-37-16-14-28)33(2)19-27-30-20-31-32-27/h3-10,17,20,24,26H,1,11-16,18-19H2,2H3,(H,30,31,32)/t24-,26+/m0/s1. The van der Waals surface area contributed by atoms with Crippen molar-refractivity contribution in [3.05, 3.63) is 95.8 Å². The van der Waals surface area contributed by atoms with E-state index in [4.69, 9.17) is 4.74 Å². The van der Waals surface area contributed by atoms with E-state index >= 15 is 4.39 Å². The molecule has 2 aromatic carbocycles. The zero-order chi connectivity index (χ0) is 26.8. The Morgan fingerprint density at radius 3 is 2.63 bits per heavy atom. The Bertz CT molecular complexity index is 1340. The third-order valence-electron chi connectivity index (χ3n) is 8.05. The molecule has 10 heteroatoms. The van der Waals surface area contributed by atoms with Gasteiger partial charge in [0.2, 0.25) is 10.0 Å². The predicted octanol–water partition coefficient (Wildman–Crippen LogP) is 4.30. The van der Waals surface area contributed by atoms with Crippen LogP contribution in [-0.2, 0) is 33.4 Å². The van der Waals surface area contributed by atoms with E-state index in [1.807, 2.05) is 43.4 Å². The van der Waals surface area contributed by atoms with Gasteiger partial charge >= 0.3 is 0 Å². The maximum Gasteiger partial charge on any atom is 0.222 e. The smallest absolute Gasteiger partial charge is 0.222 e. The van der Waals surface area contributed by atoms with Crippen LogP contribution in [0.3, 0.4) is 0 Å². The Balaban J connectivity index is 1.43. The quantitative estimate of drug-likeness (QED) is 0.429. The molecule has 2 aliphatic heterocycles. The number of aromatic amines is 1. The Morgan fingerprint density at radius 1 is 1.21 bits per heavy atom. The van der Waals surface area contributed by atoms with Crippen molar-refractivity contribution in [2.45, 2.75) is 55.6 Å². The number of rotatable bonds is 8. The van der Waals surface area contributed by atoms with E-state index in [1.54, 1.807) is 24.5 Å². The van der Waals surface area contributed by atoms with Gasteiger partial charge in [0.1, 0.15) is 23.2 Å². The summed E-state index contributed by atoms with van der Waals surface area (Å²) in [6.07, 6.45) is 5.74. The van der Waals surface area contributed by atoms with Crippen LogP contribution in [-0.4, -0.2) is 59.1 Å². The van der Waals surface area contributed by atoms with Gasteiger partial charge in [-0.25, -0.2) is 12.8 Å². The van der Waals surface area contributed by atoms with E-state index in [1.165, 1.54) is 4.31 Å². The van der Waals surface area contributed by atoms with Crippen LogP contribution in [0.15, 0.2) is 67.5 Å². The molecule has 38 heavy (non-hydrogen) atoms. The normalized spacial score (nSPS) is 23.3. The fourth-order valence-corrected chi connectivity index (χ4v) is 7.98. The van der Waals surface area contributed by atoms with Gasteiger partial charge in [-0.15, -0.1) is 16.8 Å². The molecule has 3 heterocycles. The lowest BCUT2D eigenvalue weighted by Crippen LogP contribution is -2.47. The van der Waals surface area contributed by atoms with Crippen LogP contribution in [0.5, 0.6) is 0 Å². The van der Waals surface area contributed by atoms with Gasteiger partial charge in [0.05, 0.1) is 12.1 Å². The summed E-state index contributed by atoms with van der Waals surface area (Å²) in [5, 5.41) is 7.32. The lowest BCUT2D eigenvalue weighted by molar-refractivity contribution is -0.0257. The minimum atomic E-state index is -3.72. The number of ether oxygens (including phenoxy) is 1. The second-order valence-electron chi connectivity index (χ2n) is 10.1. The van der Waals surface area contributed by atoms with E-state index in [0.29, 0.717) is 51.0 Å². The zero-order valence-corrected chi connectivity index (χ0v) is 22.4. The van der Waals surface area contributed by atoms with E-state index in [9.17, 15) is 8.42 Å². The van der Waals surface area contributed by atoms with Crippen LogP contribution in [0.1, 0.15) is 53.4 Å². The lowest BCUT2D eigenvalue weighted by Gasteiger charge is -2.45. The highest BCUT2D eigenvalue weighted by Gasteiger charge is 2.42. The first kappa shape index (κ1) is 26.7. The molecule has 1 N–H and O–H groups in total. The average molecular weight is 540 g/mol. The number of hydrogen-bond donors (Lipinski definition) is 1. The highest BCUT2D eigenvalue weighted by Crippen LogP contribution is 2.41. The number of aromatic nitrogens is 3. The van der Waals surface area contributed by atoms with Gasteiger partial charge in [-0.2, -0.15) is 4.31 Å². The van der Waals surface area contributed by atoms with Gasteiger partial charge in [0.25, 0.3) is 0 Å². The van der Waals surface area contributed by atoms with Crippen molar-refractivity contribution < 1.29 is 17.5 Å². The van der Waals surface area contributed by atoms with Crippen LogP contribution < -0.4 is 0 Å². The molecule has 8 nitrogen and oxygen atoms in total. The predicted molar refractivity (Wildman–Crippen MR) is 143 cm³/mol. The number of nitrogens with one attached hydrogen (secondary N) is 1. The maximum absolute atomic E-state index is 15.7. The van der Waals surface area contributed by atoms with Crippen molar-refractivity contribution in [1.29, 1.82) is 0 Å². The molecule has 3 aromatic rings. The molecule has 0 radical (unpaired) electrons. The van der Waals surface area contributed by atoms with Gasteiger partial charge in [0, 0.05) is 31.4 Å². The number of sulfonamides is 1. The van der Waals surface area contributed by atoms with Gasteiger partial charge in [-0.3, -0.25) is 4.90 Å². The van der Waals surface area contributed by atoms with Crippen molar-refractivity contribution in [3.63, 3.8) is 0 Å². The molecular weight excluding hydrogens is 505 g/mol. The number of hydrogen-bond acceptors (Lipinski definition) is 6. The van der Waals surface area contributed by atoms with Crippen molar-refractivity contribution in [2.75, 3.05) is 20.3 Å². The Hall–Kier alpha value is -2.92. The first-order valence-electron chi connectivity index (χ1n) is 13.0. The van der Waals surface area contributed by atoms with Gasteiger partial charge < -0.3 is 9.72 Å². The summed E-state index contributed by atoms with van der Waals surface area (Å²) in [7, 11) is -1.73. The summed E-state index contributed by atoms with van der Waals surface area (Å²) in [5.41, 5.74) is 1.50. The summed E-state index contributed by atoms with van der Waals surface area (Å²) >= 11 is 0. The topological polar surface area (TPSA) is 91.4 Å². The lowest BCUT2D eigenvalue weighted by atomic mass is 9.80. The molecule has 0 amide bonds. The molecule has 2 saturated heterocycles. The van der Waals surface area contributed by atoms with Gasteiger partial charge in [-0.05, 0) is 49.9 Å². The van der Waals surface area contributed by atoms with Crippen molar-refractivity contribution >= 4 is 10.0 Å². The third-order valence-corrected chi connectivity index (χ3v) is 10.3. The number of H-pyrrole nitrogens is 1. The fourth-order valence-electron chi connectivity index (χ4n) is 5.83. The van der Waals surface area contributed by atoms with Gasteiger partial charge in [0.15, 0.2) is 0 Å². The Kier molecular flexibility index (Phi) is 7.76. The fraction of sp³-hybridized carbons (Fsp3) is 0.429. The van der Waals surface area contributed by atoms with Crippen LogP contribution in [0.25, 0.3) is 0 Å². The minimum absolute atomic E-state index is 0.0432. The van der Waals surface area contributed by atoms with Crippen molar-refractivity contribution in [3.8, 4) is 0 Å². The molecule has 0 aliphatic carbocycles. The molecule has 2 fully saturated rings. The first-order valence-corrected chi connectivity index (χ1v) is 14.5. The van der Waals surface area contributed by atoms with Crippen molar-refractivity contribution in [1.82, 2.24) is 24.4 Å². The highest BCUT2D eigenvalue weighted by atomic mass is 32.2. The first-order chi connectivity index (χ1) is 18.3. The Labute approximate surface area is 223 Å². The number of nitrogens with zero attached hydrogens (tertiary/aromatic N) is 4. The number of halogens is 1. The summed E-state index contributed by atoms with van der Waals surface area (Å²) in [4.78, 5) is 5.20. The summed E-state index contributed by atoms with van der Waals surface area (Å²) < 4.78 is 50.3. The molecule has 2 aliphatic rings. The van der Waals surface area contributed by atoms with Crippen LogP contribution in [0, 0.1) is 5.82 Å². The Morgan fingerprint density at radius 2 is 1.97 bits per heavy atom. The molecule has 2 atom stereocenters. The van der Waals surface area contributed by atoms with Crippen molar-refractivity contribution in [2.24, 2.45) is 0 Å². The third kappa shape index (κ3) is 5.05. The molecule has 0 saturated carbocycles. The molecule has 5 rings (SSSR count). The SMILES string of the molecule is C=C[C@H]1CC[C@H](c2ccccc2)S(=O)(=O)N1Cc1ccc(C2(N(C)Cc3nnc[nH]3)CCOCC2)cc1F. The van der Waals surface area contributed by atoms with E-state index in [-0.39, 0.29) is 12.6 Å². The van der Waals surface area contributed by atoms with Crippen LogP contribution in [0.4, 0.5) is 4.39 Å². The minimum Gasteiger partial charge on any atom is -0.381 e. The maximum atomic E-state index is 15.7. The highest BCUT2D eigenvalue weighted by molar-refractivity contribution is 7.89. The molecule has 0 bridgehead atoms. The van der Waals surface area contributed by atoms with E-state index in [0.717, 1.165) is 17.0 Å². The number of benzene rings is 2. The molecule has 0 spiro atoms. The zero-order valence-electron chi connectivity index (χ0n) is 21.6. The van der Waals surface area contributed by atoms with Crippen LogP contribution in [0.2, 0.25) is 0 Å². The van der Waals surface area contributed by atoms with Crippen LogP contribution >= 0.6 is 0 Å². The van der Waals surface area contributed by atoms with E-state index in [2.05, 4.69) is 26.7 Å². The van der Waals surface area contributed by atoms with Gasteiger partial charge in [-0.1, -0.05) is 48.5 Å². The molecular formula is C28H34FN5O3S. The molecule has 202 valence electrons. The second-order valence-corrected chi connectivity index (χ2v) is 12.2. The molecule has 1 aromatic heterocycles. The van der Waals surface area contributed by atoms with E-state index < -0.39 is 26.6 Å². The average Bonchev–Trinajstić information content (AvgIpc) is 3.44.